The van der Waals surface area contributed by atoms with Gasteiger partial charge in [-0.3, -0.25) is 4.72 Å². The van der Waals surface area contributed by atoms with Crippen molar-refractivity contribution in [2.75, 3.05) is 11.1 Å². The Hall–Kier alpha value is -1.16. The van der Waals surface area contributed by atoms with E-state index in [2.05, 4.69) is 17.0 Å². The molecule has 0 spiro atoms. The molecular formula is C11H16N2OS. The molecule has 4 heteroatoms. The third-order valence-corrected chi connectivity index (χ3v) is 2.62. The van der Waals surface area contributed by atoms with Gasteiger partial charge >= 0.3 is 6.03 Å². The number of carbonyl (C=O) groups excluding carboxylic acids is 1. The number of carbonyl (C=O) groups is 1. The van der Waals surface area contributed by atoms with Crippen molar-refractivity contribution in [2.24, 2.45) is 0 Å². The summed E-state index contributed by atoms with van der Waals surface area (Å²) in [6, 6.07) is 9.24. The van der Waals surface area contributed by atoms with E-state index in [9.17, 15) is 4.79 Å². The number of para-hydroxylation sites is 1. The maximum absolute atomic E-state index is 11.3. The van der Waals surface area contributed by atoms with E-state index < -0.39 is 0 Å². The number of anilines is 1. The van der Waals surface area contributed by atoms with E-state index >= 15 is 0 Å². The first-order valence-corrected chi connectivity index (χ1v) is 6.05. The fourth-order valence-corrected chi connectivity index (χ4v) is 1.73. The number of amides is 2. The quantitative estimate of drug-likeness (QED) is 0.595. The Labute approximate surface area is 94.8 Å². The third kappa shape index (κ3) is 5.32. The van der Waals surface area contributed by atoms with Gasteiger partial charge in [-0.25, -0.2) is 4.79 Å². The van der Waals surface area contributed by atoms with E-state index in [-0.39, 0.29) is 6.03 Å². The van der Waals surface area contributed by atoms with Crippen molar-refractivity contribution < 1.29 is 4.79 Å². The van der Waals surface area contributed by atoms with E-state index in [4.69, 9.17) is 0 Å². The first-order chi connectivity index (χ1) is 7.33. The van der Waals surface area contributed by atoms with E-state index in [1.54, 1.807) is 0 Å². The molecular weight excluding hydrogens is 208 g/mol. The van der Waals surface area contributed by atoms with Crippen molar-refractivity contribution in [2.45, 2.75) is 19.8 Å². The average molecular weight is 224 g/mol. The average Bonchev–Trinajstić information content (AvgIpc) is 2.26. The summed E-state index contributed by atoms with van der Waals surface area (Å²) in [7, 11) is 0. The van der Waals surface area contributed by atoms with Crippen LogP contribution in [0.2, 0.25) is 0 Å². The second-order valence-corrected chi connectivity index (χ2v) is 4.03. The molecule has 2 amide bonds. The highest BCUT2D eigenvalue weighted by atomic mass is 32.2. The number of benzene rings is 1. The van der Waals surface area contributed by atoms with Gasteiger partial charge in [0.25, 0.3) is 0 Å². The first kappa shape index (κ1) is 11.9. The van der Waals surface area contributed by atoms with Crippen LogP contribution in [0.15, 0.2) is 30.3 Å². The monoisotopic (exact) mass is 224 g/mol. The molecule has 3 nitrogen and oxygen atoms in total. The van der Waals surface area contributed by atoms with Crippen molar-refractivity contribution in [3.63, 3.8) is 0 Å². The van der Waals surface area contributed by atoms with Crippen LogP contribution in [0.5, 0.6) is 0 Å². The summed E-state index contributed by atoms with van der Waals surface area (Å²) in [5.74, 6) is 0.957. The normalized spacial score (nSPS) is 9.67. The Morgan fingerprint density at radius 3 is 2.73 bits per heavy atom. The summed E-state index contributed by atoms with van der Waals surface area (Å²) in [5.41, 5.74) is 0.811. The molecule has 15 heavy (non-hydrogen) atoms. The summed E-state index contributed by atoms with van der Waals surface area (Å²) < 4.78 is 2.73. The summed E-state index contributed by atoms with van der Waals surface area (Å²) in [6.07, 6.45) is 2.27. The van der Waals surface area contributed by atoms with Crippen molar-refractivity contribution in [1.82, 2.24) is 4.72 Å². The van der Waals surface area contributed by atoms with Crippen LogP contribution in [0.3, 0.4) is 0 Å². The molecule has 0 saturated carbocycles. The van der Waals surface area contributed by atoms with Crippen LogP contribution in [0.25, 0.3) is 0 Å². The van der Waals surface area contributed by atoms with Gasteiger partial charge in [0.2, 0.25) is 0 Å². The van der Waals surface area contributed by atoms with Crippen LogP contribution in [0.4, 0.5) is 10.5 Å². The second-order valence-electron chi connectivity index (χ2n) is 3.12. The summed E-state index contributed by atoms with van der Waals surface area (Å²) in [5, 5.41) is 2.75. The number of hydrogen-bond donors (Lipinski definition) is 2. The Balaban J connectivity index is 2.19. The summed E-state index contributed by atoms with van der Waals surface area (Å²) in [6.45, 7) is 2.13. The molecule has 0 aliphatic heterocycles. The van der Waals surface area contributed by atoms with E-state index in [0.717, 1.165) is 24.3 Å². The largest absolute Gasteiger partial charge is 0.329 e. The zero-order valence-corrected chi connectivity index (χ0v) is 9.64. The van der Waals surface area contributed by atoms with Gasteiger partial charge in [-0.05, 0) is 30.5 Å². The molecule has 1 aromatic carbocycles. The number of rotatable bonds is 5. The summed E-state index contributed by atoms with van der Waals surface area (Å²) >= 11 is 1.44. The Kier molecular flexibility index (Phi) is 5.70. The highest BCUT2D eigenvalue weighted by molar-refractivity contribution is 7.97. The van der Waals surface area contributed by atoms with Crippen LogP contribution in [0, 0.1) is 0 Å². The van der Waals surface area contributed by atoms with Gasteiger partial charge in [0.15, 0.2) is 0 Å². The zero-order chi connectivity index (χ0) is 10.9. The molecule has 2 N–H and O–H groups in total. The smallest absolute Gasteiger partial charge is 0.307 e. The number of urea groups is 1. The second kappa shape index (κ2) is 7.17. The zero-order valence-electron chi connectivity index (χ0n) is 8.82. The fraction of sp³-hybridized carbons (Fsp3) is 0.364. The van der Waals surface area contributed by atoms with Gasteiger partial charge in [-0.2, -0.15) is 0 Å². The topological polar surface area (TPSA) is 41.1 Å². The molecule has 0 saturated heterocycles. The highest BCUT2D eigenvalue weighted by Gasteiger charge is 1.99. The van der Waals surface area contributed by atoms with Crippen LogP contribution >= 0.6 is 11.9 Å². The maximum Gasteiger partial charge on any atom is 0.329 e. The minimum Gasteiger partial charge on any atom is -0.307 e. The van der Waals surface area contributed by atoms with E-state index in [1.165, 1.54) is 11.9 Å². The van der Waals surface area contributed by atoms with Crippen LogP contribution < -0.4 is 10.0 Å². The van der Waals surface area contributed by atoms with Crippen LogP contribution in [-0.2, 0) is 0 Å². The predicted molar refractivity (Wildman–Crippen MR) is 66.0 cm³/mol. The standard InChI is InChI=1S/C11H16N2OS/c1-2-3-9-15-13-11(14)12-10-7-5-4-6-8-10/h4-8H,2-3,9H2,1H3,(H2,12,13,14). The van der Waals surface area contributed by atoms with Gasteiger partial charge in [-0.15, -0.1) is 0 Å². The Bertz CT molecular complexity index is 290. The van der Waals surface area contributed by atoms with Crippen molar-refractivity contribution in [3.05, 3.63) is 30.3 Å². The molecule has 82 valence electrons. The van der Waals surface area contributed by atoms with Crippen LogP contribution in [0.1, 0.15) is 19.8 Å². The van der Waals surface area contributed by atoms with Gasteiger partial charge in [0.1, 0.15) is 0 Å². The lowest BCUT2D eigenvalue weighted by molar-refractivity contribution is 0.257. The predicted octanol–water partition coefficient (Wildman–Crippen LogP) is 3.26. The maximum atomic E-state index is 11.3. The molecule has 0 aromatic heterocycles. The van der Waals surface area contributed by atoms with Crippen LogP contribution in [-0.4, -0.2) is 11.8 Å². The van der Waals surface area contributed by atoms with Gasteiger partial charge < -0.3 is 5.32 Å². The fourth-order valence-electron chi connectivity index (χ4n) is 1.01. The minimum atomic E-state index is -0.165. The lowest BCUT2D eigenvalue weighted by Gasteiger charge is -2.05. The van der Waals surface area contributed by atoms with Crippen molar-refractivity contribution in [1.29, 1.82) is 0 Å². The van der Waals surface area contributed by atoms with Gasteiger partial charge in [0.05, 0.1) is 0 Å². The molecule has 0 aliphatic rings. The van der Waals surface area contributed by atoms with E-state index in [0.29, 0.717) is 0 Å². The molecule has 0 radical (unpaired) electrons. The molecule has 0 bridgehead atoms. The molecule has 0 atom stereocenters. The first-order valence-electron chi connectivity index (χ1n) is 5.06. The minimum absolute atomic E-state index is 0.165. The third-order valence-electron chi connectivity index (χ3n) is 1.80. The highest BCUT2D eigenvalue weighted by Crippen LogP contribution is 2.05. The SMILES string of the molecule is CCCCSNC(=O)Nc1ccccc1. The molecule has 0 aliphatic carbocycles. The van der Waals surface area contributed by atoms with E-state index in [1.807, 2.05) is 30.3 Å². The number of hydrogen-bond acceptors (Lipinski definition) is 2. The Morgan fingerprint density at radius 1 is 1.33 bits per heavy atom. The molecule has 0 heterocycles. The lowest BCUT2D eigenvalue weighted by atomic mass is 10.3. The van der Waals surface area contributed by atoms with Crippen molar-refractivity contribution in [3.8, 4) is 0 Å². The van der Waals surface area contributed by atoms with Crippen molar-refractivity contribution >= 4 is 23.7 Å². The summed E-state index contributed by atoms with van der Waals surface area (Å²) in [4.78, 5) is 11.3. The number of unbranched alkanes of at least 4 members (excludes halogenated alkanes) is 1. The molecule has 0 fully saturated rings. The molecule has 1 aromatic rings. The molecule has 0 unspecified atom stereocenters. The van der Waals surface area contributed by atoms with Gasteiger partial charge in [0, 0.05) is 11.4 Å². The number of nitrogens with one attached hydrogen (secondary N) is 2. The lowest BCUT2D eigenvalue weighted by Crippen LogP contribution is -2.23. The van der Waals surface area contributed by atoms with Gasteiger partial charge in [-0.1, -0.05) is 31.5 Å². The molecule has 1 rings (SSSR count). The Morgan fingerprint density at radius 2 is 2.07 bits per heavy atom.